The van der Waals surface area contributed by atoms with Crippen LogP contribution in [0.3, 0.4) is 0 Å². The molecule has 0 fully saturated rings. The van der Waals surface area contributed by atoms with Gasteiger partial charge in [0.1, 0.15) is 18.7 Å². The molecule has 0 heterocycles. The zero-order valence-electron chi connectivity index (χ0n) is 14.6. The van der Waals surface area contributed by atoms with E-state index in [1.807, 2.05) is 6.08 Å². The molecule has 0 radical (unpaired) electrons. The molecule has 2 amide bonds. The molecule has 140 valence electrons. The van der Waals surface area contributed by atoms with Crippen LogP contribution in [0.4, 0.5) is 4.79 Å². The van der Waals surface area contributed by atoms with Gasteiger partial charge >= 0.3 is 12.1 Å². The molecule has 8 nitrogen and oxygen atoms in total. The Bertz CT molecular complexity index is 519. The highest BCUT2D eigenvalue weighted by Crippen LogP contribution is 2.22. The molecular weight excluding hydrogens is 328 g/mol. The first-order valence-electron chi connectivity index (χ1n) is 8.16. The third kappa shape index (κ3) is 7.38. The molecule has 0 saturated heterocycles. The van der Waals surface area contributed by atoms with Gasteiger partial charge in [-0.05, 0) is 32.1 Å². The molecule has 0 bridgehead atoms. The van der Waals surface area contributed by atoms with E-state index in [1.54, 1.807) is 6.08 Å². The van der Waals surface area contributed by atoms with Gasteiger partial charge in [0, 0.05) is 0 Å². The number of alkyl carbamates (subject to hydrolysis) is 1. The highest BCUT2D eigenvalue weighted by Gasteiger charge is 2.28. The lowest BCUT2D eigenvalue weighted by atomic mass is 9.89. The number of amides is 2. The van der Waals surface area contributed by atoms with Gasteiger partial charge in [-0.1, -0.05) is 24.8 Å². The van der Waals surface area contributed by atoms with Crippen LogP contribution >= 0.6 is 0 Å². The molecule has 0 spiro atoms. The lowest BCUT2D eigenvalue weighted by Gasteiger charge is -2.25. The average molecular weight is 354 g/mol. The maximum absolute atomic E-state index is 12.2. The standard InChI is InChI=1S/C17H26N2O6/c1-4-9-25-17(23)18-11(2)15(21)19-14(16(22)24-3)10-12-5-7-13(20)8-6-12/h4-5,7,11-14,20H,1,6,8-10H2,2-3H3,(H,18,23)(H,19,21)/t11-,12-,13?,14-/m0/s1. The minimum Gasteiger partial charge on any atom is -0.467 e. The summed E-state index contributed by atoms with van der Waals surface area (Å²) in [5.74, 6) is -1.03. The summed E-state index contributed by atoms with van der Waals surface area (Å²) in [6.45, 7) is 4.93. The molecule has 4 atom stereocenters. The van der Waals surface area contributed by atoms with Crippen molar-refractivity contribution in [2.24, 2.45) is 5.92 Å². The summed E-state index contributed by atoms with van der Waals surface area (Å²) in [7, 11) is 1.25. The van der Waals surface area contributed by atoms with E-state index in [9.17, 15) is 19.5 Å². The average Bonchev–Trinajstić information content (AvgIpc) is 2.60. The monoisotopic (exact) mass is 354 g/mol. The van der Waals surface area contributed by atoms with Crippen molar-refractivity contribution < 1.29 is 29.0 Å². The number of carbonyl (C=O) groups is 3. The predicted octanol–water partition coefficient (Wildman–Crippen LogP) is 0.662. The summed E-state index contributed by atoms with van der Waals surface area (Å²) in [6, 6.07) is -1.72. The summed E-state index contributed by atoms with van der Waals surface area (Å²) in [6.07, 6.45) is 5.39. The smallest absolute Gasteiger partial charge is 0.408 e. The van der Waals surface area contributed by atoms with E-state index >= 15 is 0 Å². The summed E-state index contributed by atoms with van der Waals surface area (Å²) >= 11 is 0. The minimum absolute atomic E-state index is 0.0326. The van der Waals surface area contributed by atoms with Crippen molar-refractivity contribution in [3.63, 3.8) is 0 Å². The van der Waals surface area contributed by atoms with Gasteiger partial charge in [0.25, 0.3) is 0 Å². The van der Waals surface area contributed by atoms with Crippen LogP contribution in [-0.4, -0.2) is 55.0 Å². The zero-order chi connectivity index (χ0) is 18.8. The van der Waals surface area contributed by atoms with Crippen LogP contribution in [0.25, 0.3) is 0 Å². The van der Waals surface area contributed by atoms with Crippen LogP contribution < -0.4 is 10.6 Å². The van der Waals surface area contributed by atoms with Crippen LogP contribution in [0.2, 0.25) is 0 Å². The van der Waals surface area contributed by atoms with E-state index in [2.05, 4.69) is 17.2 Å². The fraction of sp³-hybridized carbons (Fsp3) is 0.588. The second kappa shape index (κ2) is 10.5. The molecular formula is C17H26N2O6. The van der Waals surface area contributed by atoms with Gasteiger partial charge in [-0.15, -0.1) is 0 Å². The number of carbonyl (C=O) groups excluding carboxylic acids is 3. The van der Waals surface area contributed by atoms with Gasteiger partial charge in [0.05, 0.1) is 13.2 Å². The summed E-state index contributed by atoms with van der Waals surface area (Å²) in [4.78, 5) is 35.6. The molecule has 3 N–H and O–H groups in total. The minimum atomic E-state index is -0.881. The molecule has 0 aliphatic heterocycles. The van der Waals surface area contributed by atoms with Crippen molar-refractivity contribution in [3.8, 4) is 0 Å². The number of esters is 1. The first kappa shape index (κ1) is 20.7. The SMILES string of the molecule is C=CCOC(=O)N[C@@H](C)C(=O)N[C@@H](C[C@H]1C=CC(O)CC1)C(=O)OC. The third-order valence-corrected chi connectivity index (χ3v) is 3.84. The Hall–Kier alpha value is -2.35. The number of ether oxygens (including phenoxy) is 2. The van der Waals surface area contributed by atoms with Gasteiger partial charge in [-0.25, -0.2) is 9.59 Å². The molecule has 0 saturated carbocycles. The van der Waals surface area contributed by atoms with Crippen molar-refractivity contribution >= 4 is 18.0 Å². The highest BCUT2D eigenvalue weighted by atomic mass is 16.5. The Labute approximate surface area is 147 Å². The fourth-order valence-corrected chi connectivity index (χ4v) is 2.43. The zero-order valence-corrected chi connectivity index (χ0v) is 14.6. The lowest BCUT2D eigenvalue weighted by molar-refractivity contribution is -0.145. The lowest BCUT2D eigenvalue weighted by Crippen LogP contribution is -2.51. The number of hydrogen-bond acceptors (Lipinski definition) is 6. The summed E-state index contributed by atoms with van der Waals surface area (Å²) in [5, 5.41) is 14.4. The number of nitrogens with one attached hydrogen (secondary N) is 2. The number of hydrogen-bond donors (Lipinski definition) is 3. The van der Waals surface area contributed by atoms with E-state index in [0.717, 1.165) is 0 Å². The van der Waals surface area contributed by atoms with Gasteiger partial charge in [-0.3, -0.25) is 4.79 Å². The highest BCUT2D eigenvalue weighted by molar-refractivity contribution is 5.89. The van der Waals surface area contributed by atoms with Crippen molar-refractivity contribution in [1.29, 1.82) is 0 Å². The van der Waals surface area contributed by atoms with Crippen LogP contribution in [0, 0.1) is 5.92 Å². The van der Waals surface area contributed by atoms with E-state index in [-0.39, 0.29) is 12.5 Å². The van der Waals surface area contributed by atoms with E-state index in [4.69, 9.17) is 9.47 Å². The van der Waals surface area contributed by atoms with E-state index in [0.29, 0.717) is 19.3 Å². The molecule has 1 aliphatic rings. The number of aliphatic hydroxyl groups excluding tert-OH is 1. The first-order chi connectivity index (χ1) is 11.9. The van der Waals surface area contributed by atoms with Gasteiger partial charge in [-0.2, -0.15) is 0 Å². The summed E-state index contributed by atoms with van der Waals surface area (Å²) in [5.41, 5.74) is 0. The van der Waals surface area contributed by atoms with E-state index in [1.165, 1.54) is 20.1 Å². The second-order valence-corrected chi connectivity index (χ2v) is 5.86. The van der Waals surface area contributed by atoms with Gasteiger partial charge < -0.3 is 25.2 Å². The van der Waals surface area contributed by atoms with Crippen molar-refractivity contribution in [3.05, 3.63) is 24.8 Å². The predicted molar refractivity (Wildman–Crippen MR) is 90.6 cm³/mol. The maximum Gasteiger partial charge on any atom is 0.408 e. The third-order valence-electron chi connectivity index (χ3n) is 3.84. The Morgan fingerprint density at radius 1 is 1.32 bits per heavy atom. The number of aliphatic hydroxyl groups is 1. The molecule has 0 aromatic heterocycles. The Morgan fingerprint density at radius 2 is 2.04 bits per heavy atom. The quantitative estimate of drug-likeness (QED) is 0.436. The normalized spacial score (nSPS) is 21.6. The largest absolute Gasteiger partial charge is 0.467 e. The number of rotatable bonds is 8. The van der Waals surface area contributed by atoms with Crippen molar-refractivity contribution in [2.75, 3.05) is 13.7 Å². The van der Waals surface area contributed by atoms with E-state index < -0.39 is 36.2 Å². The Balaban J connectivity index is 2.60. The maximum atomic E-state index is 12.2. The Morgan fingerprint density at radius 3 is 2.60 bits per heavy atom. The van der Waals surface area contributed by atoms with Crippen molar-refractivity contribution in [1.82, 2.24) is 10.6 Å². The molecule has 1 aliphatic carbocycles. The molecule has 0 aromatic carbocycles. The van der Waals surface area contributed by atoms with Gasteiger partial charge in [0.15, 0.2) is 0 Å². The second-order valence-electron chi connectivity index (χ2n) is 5.86. The molecule has 8 heteroatoms. The Kier molecular flexibility index (Phi) is 8.69. The molecule has 25 heavy (non-hydrogen) atoms. The van der Waals surface area contributed by atoms with Crippen molar-refractivity contribution in [2.45, 2.75) is 44.4 Å². The topological polar surface area (TPSA) is 114 Å². The first-order valence-corrected chi connectivity index (χ1v) is 8.16. The number of methoxy groups -OCH3 is 1. The fourth-order valence-electron chi connectivity index (χ4n) is 2.43. The van der Waals surface area contributed by atoms with Crippen LogP contribution in [0.15, 0.2) is 24.8 Å². The van der Waals surface area contributed by atoms with Crippen LogP contribution in [0.1, 0.15) is 26.2 Å². The molecule has 1 unspecified atom stereocenters. The van der Waals surface area contributed by atoms with Gasteiger partial charge in [0.2, 0.25) is 5.91 Å². The molecule has 0 aromatic rings. The molecule has 1 rings (SSSR count). The van der Waals surface area contributed by atoms with Crippen LogP contribution in [0.5, 0.6) is 0 Å². The number of allylic oxidation sites excluding steroid dienone is 1. The van der Waals surface area contributed by atoms with Crippen LogP contribution in [-0.2, 0) is 19.1 Å². The summed E-state index contributed by atoms with van der Waals surface area (Å²) < 4.78 is 9.48.